The molecule has 1 aliphatic heterocycles. The van der Waals surface area contributed by atoms with Gasteiger partial charge in [0, 0.05) is 6.92 Å². The van der Waals surface area contributed by atoms with Crippen LogP contribution in [0.2, 0.25) is 0 Å². The summed E-state index contributed by atoms with van der Waals surface area (Å²) < 4.78 is 10.5. The van der Waals surface area contributed by atoms with Crippen LogP contribution >= 0.6 is 0 Å². The molecule has 0 unspecified atom stereocenters. The minimum absolute atomic E-state index is 0.266. The predicted octanol–water partition coefficient (Wildman–Crippen LogP) is 2.46. The lowest BCUT2D eigenvalue weighted by Gasteiger charge is -2.30. The topological polar surface area (TPSA) is 90.0 Å². The van der Waals surface area contributed by atoms with Gasteiger partial charge in [0.15, 0.2) is 0 Å². The molecule has 0 saturated heterocycles. The van der Waals surface area contributed by atoms with Gasteiger partial charge in [-0.05, 0) is 31.2 Å². The quantitative estimate of drug-likeness (QED) is 0.564. The van der Waals surface area contributed by atoms with Crippen molar-refractivity contribution in [1.82, 2.24) is 4.90 Å². The monoisotopic (exact) mass is 381 g/mol. The van der Waals surface area contributed by atoms with E-state index >= 15 is 0 Å². The number of fused-ring (bicyclic) bond motifs is 1. The molecule has 0 N–H and O–H groups in total. The summed E-state index contributed by atoms with van der Waals surface area (Å²) in [4.78, 5) is 50.2. The average molecular weight is 381 g/mol. The summed E-state index contributed by atoms with van der Waals surface area (Å²) in [6.07, 6.45) is -0.894. The number of hydrogen-bond donors (Lipinski definition) is 0. The van der Waals surface area contributed by atoms with Crippen LogP contribution in [0, 0.1) is 0 Å². The molecule has 7 nitrogen and oxygen atoms in total. The molecule has 3 rings (SSSR count). The van der Waals surface area contributed by atoms with E-state index in [4.69, 9.17) is 9.47 Å². The van der Waals surface area contributed by atoms with Gasteiger partial charge in [-0.15, -0.1) is 0 Å². The van der Waals surface area contributed by atoms with Crippen LogP contribution in [-0.4, -0.2) is 47.4 Å². The van der Waals surface area contributed by atoms with E-state index < -0.39 is 35.9 Å². The summed E-state index contributed by atoms with van der Waals surface area (Å²) in [6.45, 7) is 2.50. The standard InChI is InChI=1S/C21H19NO6/c1-13(28-21(26)15-8-4-3-5-9-15)18(12-27-14(2)23)22-19(24)16-10-6-7-11-17(16)20(22)25/h3-11,13,18H,12H2,1-2H3/t13-,18-/m1/s1. The Balaban J connectivity index is 1.85. The Hall–Kier alpha value is -3.48. The van der Waals surface area contributed by atoms with Crippen molar-refractivity contribution < 1.29 is 28.7 Å². The highest BCUT2D eigenvalue weighted by molar-refractivity contribution is 6.21. The van der Waals surface area contributed by atoms with E-state index in [-0.39, 0.29) is 17.7 Å². The van der Waals surface area contributed by atoms with Crippen molar-refractivity contribution in [3.8, 4) is 0 Å². The van der Waals surface area contributed by atoms with Gasteiger partial charge in [-0.3, -0.25) is 19.3 Å². The second kappa shape index (κ2) is 8.04. The molecule has 0 fully saturated rings. The molecule has 0 bridgehead atoms. The van der Waals surface area contributed by atoms with E-state index in [1.807, 2.05) is 0 Å². The molecule has 2 amide bonds. The van der Waals surface area contributed by atoms with E-state index in [0.29, 0.717) is 5.56 Å². The van der Waals surface area contributed by atoms with Gasteiger partial charge in [0.05, 0.1) is 16.7 Å². The first-order chi connectivity index (χ1) is 13.4. The van der Waals surface area contributed by atoms with Gasteiger partial charge >= 0.3 is 11.9 Å². The third-order valence-corrected chi connectivity index (χ3v) is 4.46. The van der Waals surface area contributed by atoms with Crippen molar-refractivity contribution in [3.63, 3.8) is 0 Å². The number of carbonyl (C=O) groups is 4. The Bertz CT molecular complexity index is 889. The highest BCUT2D eigenvalue weighted by Gasteiger charge is 2.43. The minimum Gasteiger partial charge on any atom is -0.464 e. The van der Waals surface area contributed by atoms with Crippen LogP contribution in [0.3, 0.4) is 0 Å². The largest absolute Gasteiger partial charge is 0.464 e. The molecule has 2 atom stereocenters. The van der Waals surface area contributed by atoms with Crippen LogP contribution in [0.1, 0.15) is 44.9 Å². The van der Waals surface area contributed by atoms with Crippen molar-refractivity contribution in [3.05, 3.63) is 71.3 Å². The maximum atomic E-state index is 12.8. The number of ether oxygens (including phenoxy) is 2. The first-order valence-electron chi connectivity index (χ1n) is 8.76. The lowest BCUT2D eigenvalue weighted by Crippen LogP contribution is -2.50. The van der Waals surface area contributed by atoms with Crippen molar-refractivity contribution in [1.29, 1.82) is 0 Å². The van der Waals surface area contributed by atoms with Crippen LogP contribution in [-0.2, 0) is 14.3 Å². The molecular formula is C21H19NO6. The van der Waals surface area contributed by atoms with Gasteiger partial charge in [0.1, 0.15) is 18.8 Å². The van der Waals surface area contributed by atoms with Gasteiger partial charge in [0.2, 0.25) is 0 Å². The first-order valence-corrected chi connectivity index (χ1v) is 8.76. The SMILES string of the molecule is CC(=O)OC[C@H]([C@@H](C)OC(=O)c1ccccc1)N1C(=O)c2ccccc2C1=O. The number of nitrogens with zero attached hydrogens (tertiary/aromatic N) is 1. The van der Waals surface area contributed by atoms with Crippen molar-refractivity contribution in [2.75, 3.05) is 6.61 Å². The molecule has 2 aromatic rings. The number of rotatable bonds is 6. The van der Waals surface area contributed by atoms with Crippen LogP contribution < -0.4 is 0 Å². The molecule has 0 aliphatic carbocycles. The molecular weight excluding hydrogens is 362 g/mol. The maximum absolute atomic E-state index is 12.8. The maximum Gasteiger partial charge on any atom is 0.338 e. The summed E-state index contributed by atoms with van der Waals surface area (Å²) >= 11 is 0. The lowest BCUT2D eigenvalue weighted by molar-refractivity contribution is -0.143. The van der Waals surface area contributed by atoms with E-state index in [1.54, 1.807) is 61.5 Å². The predicted molar refractivity (Wildman–Crippen MR) is 98.7 cm³/mol. The summed E-state index contributed by atoms with van der Waals surface area (Å²) in [5.74, 6) is -2.19. The number of benzene rings is 2. The third kappa shape index (κ3) is 3.78. The highest BCUT2D eigenvalue weighted by Crippen LogP contribution is 2.26. The Morgan fingerprint density at radius 2 is 1.46 bits per heavy atom. The summed E-state index contributed by atoms with van der Waals surface area (Å²) in [6, 6.07) is 13.8. The van der Waals surface area contributed by atoms with Crippen molar-refractivity contribution in [2.45, 2.75) is 26.0 Å². The summed E-state index contributed by atoms with van der Waals surface area (Å²) in [5, 5.41) is 0. The number of carbonyl (C=O) groups excluding carboxylic acids is 4. The van der Waals surface area contributed by atoms with E-state index in [0.717, 1.165) is 4.90 Å². The second-order valence-corrected chi connectivity index (χ2v) is 6.37. The molecule has 1 aliphatic rings. The summed E-state index contributed by atoms with van der Waals surface area (Å²) in [7, 11) is 0. The zero-order valence-corrected chi connectivity index (χ0v) is 15.5. The van der Waals surface area contributed by atoms with Gasteiger partial charge in [-0.2, -0.15) is 0 Å². The molecule has 0 aromatic heterocycles. The molecule has 1 heterocycles. The van der Waals surface area contributed by atoms with E-state index in [1.165, 1.54) is 6.92 Å². The number of hydrogen-bond acceptors (Lipinski definition) is 6. The Morgan fingerprint density at radius 1 is 0.929 bits per heavy atom. The van der Waals surface area contributed by atoms with Gasteiger partial charge < -0.3 is 9.47 Å². The molecule has 0 saturated carbocycles. The first kappa shape index (κ1) is 19.3. The van der Waals surface area contributed by atoms with Crippen LogP contribution in [0.5, 0.6) is 0 Å². The normalized spacial score (nSPS) is 15.0. The number of amides is 2. The molecule has 2 aromatic carbocycles. The molecule has 7 heteroatoms. The fraction of sp³-hybridized carbons (Fsp3) is 0.238. The Kier molecular flexibility index (Phi) is 5.54. The fourth-order valence-corrected chi connectivity index (χ4v) is 3.02. The molecule has 144 valence electrons. The Labute approximate surface area is 161 Å². The van der Waals surface area contributed by atoms with E-state index in [9.17, 15) is 19.2 Å². The minimum atomic E-state index is -0.955. The fourth-order valence-electron chi connectivity index (χ4n) is 3.02. The number of imide groups is 1. The summed E-state index contributed by atoms with van der Waals surface area (Å²) in [5.41, 5.74) is 0.867. The van der Waals surface area contributed by atoms with Gasteiger partial charge in [-0.25, -0.2) is 4.79 Å². The molecule has 0 spiro atoms. The van der Waals surface area contributed by atoms with Crippen LogP contribution in [0.15, 0.2) is 54.6 Å². The van der Waals surface area contributed by atoms with Crippen LogP contribution in [0.25, 0.3) is 0 Å². The van der Waals surface area contributed by atoms with Crippen LogP contribution in [0.4, 0.5) is 0 Å². The zero-order chi connectivity index (χ0) is 20.3. The van der Waals surface area contributed by atoms with E-state index in [2.05, 4.69) is 0 Å². The highest BCUT2D eigenvalue weighted by atomic mass is 16.6. The zero-order valence-electron chi connectivity index (χ0n) is 15.5. The van der Waals surface area contributed by atoms with Gasteiger partial charge in [-0.1, -0.05) is 30.3 Å². The van der Waals surface area contributed by atoms with Gasteiger partial charge in [0.25, 0.3) is 11.8 Å². The second-order valence-electron chi connectivity index (χ2n) is 6.37. The molecule has 0 radical (unpaired) electrons. The molecule has 28 heavy (non-hydrogen) atoms. The smallest absolute Gasteiger partial charge is 0.338 e. The van der Waals surface area contributed by atoms with Crippen molar-refractivity contribution in [2.24, 2.45) is 0 Å². The average Bonchev–Trinajstić information content (AvgIpc) is 2.94. The third-order valence-electron chi connectivity index (χ3n) is 4.46. The number of esters is 2. The lowest BCUT2D eigenvalue weighted by atomic mass is 10.1. The van der Waals surface area contributed by atoms with Crippen molar-refractivity contribution >= 4 is 23.8 Å². The Morgan fingerprint density at radius 3 is 2.00 bits per heavy atom.